The van der Waals surface area contributed by atoms with Gasteiger partial charge < -0.3 is 10.5 Å². The van der Waals surface area contributed by atoms with Crippen LogP contribution >= 0.6 is 35.0 Å². The minimum atomic E-state index is 0. The van der Waals surface area contributed by atoms with Crippen LogP contribution in [0.2, 0.25) is 0 Å². The van der Waals surface area contributed by atoms with Gasteiger partial charge in [0.15, 0.2) is 0 Å². The van der Waals surface area contributed by atoms with E-state index in [0.717, 1.165) is 18.6 Å². The number of ether oxygens (including phenoxy) is 1. The van der Waals surface area contributed by atoms with E-state index in [0.29, 0.717) is 6.54 Å². The fourth-order valence-corrected chi connectivity index (χ4v) is 2.13. The van der Waals surface area contributed by atoms with Gasteiger partial charge >= 0.3 is 0 Å². The average Bonchev–Trinajstić information content (AvgIpc) is 2.17. The van der Waals surface area contributed by atoms with Crippen molar-refractivity contribution in [1.29, 1.82) is 0 Å². The predicted molar refractivity (Wildman–Crippen MR) is 68.2 cm³/mol. The molecule has 0 aromatic heterocycles. The molecule has 1 heterocycles. The fourth-order valence-electron chi connectivity index (χ4n) is 1.58. The van der Waals surface area contributed by atoms with Crippen molar-refractivity contribution in [3.05, 3.63) is 27.3 Å². The normalized spacial score (nSPS) is 19.1. The highest BCUT2D eigenvalue weighted by Crippen LogP contribution is 2.28. The fraction of sp³-hybridized carbons (Fsp3) is 0.400. The maximum absolute atomic E-state index is 5.71. The molecule has 2 N–H and O–H groups in total. The smallest absolute Gasteiger partial charge is 0.123 e. The Balaban J connectivity index is 0.000000980. The third kappa shape index (κ3) is 2.52. The van der Waals surface area contributed by atoms with E-state index in [9.17, 15) is 0 Å². The van der Waals surface area contributed by atoms with Crippen molar-refractivity contribution in [3.8, 4) is 5.75 Å². The average molecular weight is 326 g/mol. The molecule has 0 fully saturated rings. The van der Waals surface area contributed by atoms with Gasteiger partial charge in [-0.15, -0.1) is 12.4 Å². The molecule has 0 amide bonds. The standard InChI is InChI=1S/C10H12INO.ClH/c11-8-2-4-10-7(5-8)1-3-9(6-12)13-10;/h2,4-5,9H,1,3,6,12H2;1H/t9-;/m1./s1. The highest BCUT2D eigenvalue weighted by atomic mass is 127. The molecule has 0 saturated carbocycles. The Labute approximate surface area is 104 Å². The number of rotatable bonds is 1. The second-order valence-corrected chi connectivity index (χ2v) is 4.51. The molecule has 1 aromatic rings. The number of fused-ring (bicyclic) bond motifs is 1. The van der Waals surface area contributed by atoms with E-state index in [1.165, 1.54) is 9.13 Å². The van der Waals surface area contributed by atoms with Crippen LogP contribution < -0.4 is 10.5 Å². The van der Waals surface area contributed by atoms with E-state index >= 15 is 0 Å². The maximum atomic E-state index is 5.71. The van der Waals surface area contributed by atoms with Crippen molar-refractivity contribution in [1.82, 2.24) is 0 Å². The zero-order valence-electron chi connectivity index (χ0n) is 7.70. The Morgan fingerprint density at radius 1 is 1.50 bits per heavy atom. The lowest BCUT2D eigenvalue weighted by molar-refractivity contribution is 0.181. The third-order valence-electron chi connectivity index (χ3n) is 2.31. The topological polar surface area (TPSA) is 35.2 Å². The molecule has 14 heavy (non-hydrogen) atoms. The lowest BCUT2D eigenvalue weighted by Gasteiger charge is -2.25. The van der Waals surface area contributed by atoms with E-state index in [1.807, 2.05) is 6.07 Å². The molecule has 78 valence electrons. The number of hydrogen-bond acceptors (Lipinski definition) is 2. The van der Waals surface area contributed by atoms with Crippen molar-refractivity contribution >= 4 is 35.0 Å². The number of benzene rings is 1. The number of nitrogens with two attached hydrogens (primary N) is 1. The monoisotopic (exact) mass is 325 g/mol. The van der Waals surface area contributed by atoms with Crippen LogP contribution in [0.5, 0.6) is 5.75 Å². The summed E-state index contributed by atoms with van der Waals surface area (Å²) in [7, 11) is 0. The van der Waals surface area contributed by atoms with Gasteiger partial charge in [-0.25, -0.2) is 0 Å². The molecule has 1 aromatic carbocycles. The number of hydrogen-bond donors (Lipinski definition) is 1. The molecule has 0 unspecified atom stereocenters. The highest BCUT2D eigenvalue weighted by molar-refractivity contribution is 14.1. The summed E-state index contributed by atoms with van der Waals surface area (Å²) in [6, 6.07) is 6.29. The van der Waals surface area contributed by atoms with E-state index in [1.54, 1.807) is 0 Å². The summed E-state index contributed by atoms with van der Waals surface area (Å²) in [6.07, 6.45) is 2.35. The summed E-state index contributed by atoms with van der Waals surface area (Å²) < 4.78 is 6.98. The van der Waals surface area contributed by atoms with Crippen LogP contribution in [-0.4, -0.2) is 12.6 Å². The summed E-state index contributed by atoms with van der Waals surface area (Å²) in [5, 5.41) is 0. The summed E-state index contributed by atoms with van der Waals surface area (Å²) in [6.45, 7) is 0.616. The van der Waals surface area contributed by atoms with Crippen molar-refractivity contribution < 1.29 is 4.74 Å². The molecule has 1 aliphatic rings. The van der Waals surface area contributed by atoms with Crippen LogP contribution in [-0.2, 0) is 6.42 Å². The molecule has 1 atom stereocenters. The quantitative estimate of drug-likeness (QED) is 0.805. The summed E-state index contributed by atoms with van der Waals surface area (Å²) >= 11 is 2.32. The van der Waals surface area contributed by atoms with Crippen molar-refractivity contribution in [2.75, 3.05) is 6.54 Å². The van der Waals surface area contributed by atoms with Crippen LogP contribution in [0.4, 0.5) is 0 Å². The van der Waals surface area contributed by atoms with Gasteiger partial charge in [0.25, 0.3) is 0 Å². The molecule has 0 spiro atoms. The number of aryl methyl sites for hydroxylation is 1. The largest absolute Gasteiger partial charge is 0.489 e. The van der Waals surface area contributed by atoms with Crippen LogP contribution in [0.15, 0.2) is 18.2 Å². The first-order valence-corrected chi connectivity index (χ1v) is 5.52. The molecule has 2 rings (SSSR count). The lowest BCUT2D eigenvalue weighted by atomic mass is 10.0. The van der Waals surface area contributed by atoms with Gasteiger partial charge in [0.2, 0.25) is 0 Å². The molecular formula is C10H13ClINO. The second-order valence-electron chi connectivity index (χ2n) is 3.27. The first-order chi connectivity index (χ1) is 6.29. The van der Waals surface area contributed by atoms with E-state index in [4.69, 9.17) is 10.5 Å². The predicted octanol–water partition coefficient (Wildman–Crippen LogP) is 2.37. The van der Waals surface area contributed by atoms with Crippen molar-refractivity contribution in [2.45, 2.75) is 18.9 Å². The molecule has 0 aliphatic carbocycles. The highest BCUT2D eigenvalue weighted by Gasteiger charge is 2.17. The molecule has 2 nitrogen and oxygen atoms in total. The zero-order chi connectivity index (χ0) is 9.26. The Kier molecular flexibility index (Phi) is 4.47. The van der Waals surface area contributed by atoms with E-state index in [-0.39, 0.29) is 18.5 Å². The van der Waals surface area contributed by atoms with Gasteiger partial charge in [-0.2, -0.15) is 0 Å². The molecule has 0 bridgehead atoms. The number of halogens is 2. The van der Waals surface area contributed by atoms with Crippen LogP contribution in [0, 0.1) is 3.57 Å². The Morgan fingerprint density at radius 3 is 3.00 bits per heavy atom. The molecule has 4 heteroatoms. The molecule has 1 aliphatic heterocycles. The van der Waals surface area contributed by atoms with Crippen LogP contribution in [0.25, 0.3) is 0 Å². The first-order valence-electron chi connectivity index (χ1n) is 4.45. The van der Waals surface area contributed by atoms with Crippen molar-refractivity contribution in [2.24, 2.45) is 5.73 Å². The Hall–Kier alpha value is -0.0000000000000000555. The minimum Gasteiger partial charge on any atom is -0.489 e. The van der Waals surface area contributed by atoms with Gasteiger partial charge in [0.1, 0.15) is 11.9 Å². The maximum Gasteiger partial charge on any atom is 0.123 e. The Morgan fingerprint density at radius 2 is 2.29 bits per heavy atom. The van der Waals surface area contributed by atoms with Crippen LogP contribution in [0.1, 0.15) is 12.0 Å². The van der Waals surface area contributed by atoms with E-state index < -0.39 is 0 Å². The van der Waals surface area contributed by atoms with Gasteiger partial charge in [-0.3, -0.25) is 0 Å². The summed E-state index contributed by atoms with van der Waals surface area (Å²) in [4.78, 5) is 0. The van der Waals surface area contributed by atoms with Crippen LogP contribution in [0.3, 0.4) is 0 Å². The molecule has 0 saturated heterocycles. The lowest BCUT2D eigenvalue weighted by Crippen LogP contribution is -2.30. The SMILES string of the molecule is Cl.NC[C@H]1CCc2cc(I)ccc2O1. The first kappa shape index (κ1) is 12.1. The van der Waals surface area contributed by atoms with Crippen molar-refractivity contribution in [3.63, 3.8) is 0 Å². The summed E-state index contributed by atoms with van der Waals surface area (Å²) in [5.41, 5.74) is 6.88. The summed E-state index contributed by atoms with van der Waals surface area (Å²) in [5.74, 6) is 1.02. The van der Waals surface area contributed by atoms with Gasteiger partial charge in [0, 0.05) is 10.1 Å². The van der Waals surface area contributed by atoms with E-state index in [2.05, 4.69) is 34.7 Å². The third-order valence-corrected chi connectivity index (χ3v) is 2.99. The molecular weight excluding hydrogens is 312 g/mol. The Bertz CT molecular complexity index is 319. The molecule has 0 radical (unpaired) electrons. The van der Waals surface area contributed by atoms with Gasteiger partial charge in [-0.1, -0.05) is 0 Å². The van der Waals surface area contributed by atoms with Gasteiger partial charge in [-0.05, 0) is 59.2 Å². The zero-order valence-corrected chi connectivity index (χ0v) is 10.7. The minimum absolute atomic E-state index is 0. The second kappa shape index (κ2) is 5.19. The van der Waals surface area contributed by atoms with Gasteiger partial charge in [0.05, 0.1) is 0 Å².